The van der Waals surface area contributed by atoms with Crippen molar-refractivity contribution >= 4 is 23.3 Å². The Balaban J connectivity index is 2.24. The predicted molar refractivity (Wildman–Crippen MR) is 65.5 cm³/mol. The van der Waals surface area contributed by atoms with Gasteiger partial charge in [-0.3, -0.25) is 9.59 Å². The summed E-state index contributed by atoms with van der Waals surface area (Å²) < 4.78 is 5.03. The lowest BCUT2D eigenvalue weighted by Gasteiger charge is -2.17. The van der Waals surface area contributed by atoms with Crippen LogP contribution >= 0.6 is 0 Å². The number of carbonyl (C=O) groups is 2. The number of carboxylic acid groups (broad SMARTS) is 1. The van der Waals surface area contributed by atoms with Crippen molar-refractivity contribution in [2.75, 3.05) is 24.3 Å². The molecule has 1 amide bonds. The van der Waals surface area contributed by atoms with Crippen LogP contribution in [-0.4, -0.2) is 30.6 Å². The molecule has 96 valence electrons. The zero-order valence-corrected chi connectivity index (χ0v) is 9.92. The van der Waals surface area contributed by atoms with E-state index >= 15 is 0 Å². The molecule has 0 unspecified atom stereocenters. The Bertz CT molecular complexity index is 501. The molecule has 1 aliphatic heterocycles. The molecule has 1 aliphatic rings. The minimum absolute atomic E-state index is 0.0290. The number of nitrogen functional groups attached to an aromatic ring is 1. The van der Waals surface area contributed by atoms with E-state index in [1.807, 2.05) is 0 Å². The summed E-state index contributed by atoms with van der Waals surface area (Å²) in [5.41, 5.74) is 6.78. The van der Waals surface area contributed by atoms with Gasteiger partial charge in [0.25, 0.3) is 0 Å². The van der Waals surface area contributed by atoms with Crippen molar-refractivity contribution in [2.24, 2.45) is 5.92 Å². The molecule has 3 N–H and O–H groups in total. The third-order valence-corrected chi connectivity index (χ3v) is 3.00. The number of methoxy groups -OCH3 is 1. The van der Waals surface area contributed by atoms with Gasteiger partial charge in [-0.25, -0.2) is 0 Å². The molecule has 0 bridgehead atoms. The second-order valence-electron chi connectivity index (χ2n) is 4.17. The van der Waals surface area contributed by atoms with Gasteiger partial charge in [-0.1, -0.05) is 0 Å². The van der Waals surface area contributed by atoms with Crippen LogP contribution in [0.3, 0.4) is 0 Å². The summed E-state index contributed by atoms with van der Waals surface area (Å²) in [6, 6.07) is 4.96. The highest BCUT2D eigenvalue weighted by atomic mass is 16.5. The highest BCUT2D eigenvalue weighted by Gasteiger charge is 2.35. The lowest BCUT2D eigenvalue weighted by Crippen LogP contribution is -2.25. The van der Waals surface area contributed by atoms with E-state index in [1.165, 1.54) is 12.0 Å². The van der Waals surface area contributed by atoms with E-state index in [1.54, 1.807) is 18.2 Å². The molecule has 0 aliphatic carbocycles. The summed E-state index contributed by atoms with van der Waals surface area (Å²) >= 11 is 0. The molecule has 1 heterocycles. The number of carboxylic acids is 1. The Labute approximate surface area is 104 Å². The van der Waals surface area contributed by atoms with Crippen molar-refractivity contribution in [3.8, 4) is 5.75 Å². The van der Waals surface area contributed by atoms with E-state index in [9.17, 15) is 9.59 Å². The average molecular weight is 250 g/mol. The second kappa shape index (κ2) is 4.56. The normalized spacial score (nSPS) is 19.1. The molecule has 0 saturated carbocycles. The Hall–Kier alpha value is -2.24. The van der Waals surface area contributed by atoms with Crippen molar-refractivity contribution < 1.29 is 19.4 Å². The maximum Gasteiger partial charge on any atom is 0.308 e. The van der Waals surface area contributed by atoms with Gasteiger partial charge in [-0.05, 0) is 18.2 Å². The first-order valence-corrected chi connectivity index (χ1v) is 5.49. The number of nitrogens with zero attached hydrogens (tertiary/aromatic N) is 1. The Morgan fingerprint density at radius 1 is 1.56 bits per heavy atom. The van der Waals surface area contributed by atoms with Gasteiger partial charge in [0.05, 0.1) is 18.7 Å². The number of amides is 1. The first-order valence-electron chi connectivity index (χ1n) is 5.49. The van der Waals surface area contributed by atoms with Crippen molar-refractivity contribution in [3.05, 3.63) is 18.2 Å². The fourth-order valence-electron chi connectivity index (χ4n) is 2.01. The first-order chi connectivity index (χ1) is 8.52. The number of ether oxygens (including phenoxy) is 1. The number of nitrogens with two attached hydrogens (primary N) is 1. The summed E-state index contributed by atoms with van der Waals surface area (Å²) in [5, 5.41) is 8.91. The molecule has 6 heteroatoms. The molecular weight excluding hydrogens is 236 g/mol. The molecular formula is C12H14N2O4. The minimum Gasteiger partial charge on any atom is -0.495 e. The minimum atomic E-state index is -0.952. The fourth-order valence-corrected chi connectivity index (χ4v) is 2.01. The number of anilines is 2. The van der Waals surface area contributed by atoms with Crippen LogP contribution in [0.15, 0.2) is 18.2 Å². The standard InChI is InChI=1S/C12H14N2O4/c1-18-10-3-2-8(5-9(10)13)14-6-7(12(16)17)4-11(14)15/h2-3,5,7H,4,6,13H2,1H3,(H,16,17)/t7-/m1/s1. The topological polar surface area (TPSA) is 92.9 Å². The van der Waals surface area contributed by atoms with Crippen LogP contribution in [0, 0.1) is 5.92 Å². The Morgan fingerprint density at radius 2 is 2.28 bits per heavy atom. The second-order valence-corrected chi connectivity index (χ2v) is 4.17. The molecule has 1 saturated heterocycles. The van der Waals surface area contributed by atoms with Crippen LogP contribution in [0.5, 0.6) is 5.75 Å². The third kappa shape index (κ3) is 2.09. The average Bonchev–Trinajstić information content (AvgIpc) is 2.71. The quantitative estimate of drug-likeness (QED) is 0.771. The molecule has 1 fully saturated rings. The zero-order valence-electron chi connectivity index (χ0n) is 9.92. The molecule has 1 aromatic rings. The highest BCUT2D eigenvalue weighted by molar-refractivity contribution is 5.99. The summed E-state index contributed by atoms with van der Waals surface area (Å²) in [6.07, 6.45) is 0.0290. The number of hydrogen-bond donors (Lipinski definition) is 2. The summed E-state index contributed by atoms with van der Waals surface area (Å²) in [5.74, 6) is -1.28. The lowest BCUT2D eigenvalue weighted by molar-refractivity contribution is -0.141. The maximum absolute atomic E-state index is 11.7. The smallest absolute Gasteiger partial charge is 0.308 e. The van der Waals surface area contributed by atoms with E-state index in [2.05, 4.69) is 0 Å². The van der Waals surface area contributed by atoms with Gasteiger partial charge < -0.3 is 20.5 Å². The van der Waals surface area contributed by atoms with Crippen LogP contribution in [-0.2, 0) is 9.59 Å². The zero-order chi connectivity index (χ0) is 13.3. The summed E-state index contributed by atoms with van der Waals surface area (Å²) in [4.78, 5) is 24.1. The third-order valence-electron chi connectivity index (χ3n) is 3.00. The van der Waals surface area contributed by atoms with Crippen LogP contribution in [0.1, 0.15) is 6.42 Å². The van der Waals surface area contributed by atoms with E-state index in [0.717, 1.165) is 0 Å². The number of hydrogen-bond acceptors (Lipinski definition) is 4. The Kier molecular flexibility index (Phi) is 3.10. The van der Waals surface area contributed by atoms with E-state index in [0.29, 0.717) is 17.1 Å². The first kappa shape index (κ1) is 12.2. The number of rotatable bonds is 3. The molecule has 2 rings (SSSR count). The van der Waals surface area contributed by atoms with Crippen LogP contribution in [0.25, 0.3) is 0 Å². The van der Waals surface area contributed by atoms with Crippen LogP contribution in [0.2, 0.25) is 0 Å². The fraction of sp³-hybridized carbons (Fsp3) is 0.333. The molecule has 0 aromatic heterocycles. The van der Waals surface area contributed by atoms with Crippen molar-refractivity contribution in [1.82, 2.24) is 0 Å². The number of aliphatic carboxylic acids is 1. The molecule has 1 atom stereocenters. The summed E-state index contributed by atoms with van der Waals surface area (Å²) in [6.45, 7) is 0.180. The van der Waals surface area contributed by atoms with Crippen molar-refractivity contribution in [3.63, 3.8) is 0 Å². The van der Waals surface area contributed by atoms with Crippen LogP contribution < -0.4 is 15.4 Å². The SMILES string of the molecule is COc1ccc(N2C[C@H](C(=O)O)CC2=O)cc1N. The predicted octanol–water partition coefficient (Wildman–Crippen LogP) is 0.715. The molecule has 6 nitrogen and oxygen atoms in total. The number of benzene rings is 1. The molecule has 0 radical (unpaired) electrons. The largest absolute Gasteiger partial charge is 0.495 e. The maximum atomic E-state index is 11.7. The van der Waals surface area contributed by atoms with Crippen molar-refractivity contribution in [1.29, 1.82) is 0 Å². The van der Waals surface area contributed by atoms with Gasteiger partial charge in [0.15, 0.2) is 0 Å². The van der Waals surface area contributed by atoms with Gasteiger partial charge in [0.1, 0.15) is 5.75 Å². The van der Waals surface area contributed by atoms with Gasteiger partial charge in [0, 0.05) is 18.7 Å². The lowest BCUT2D eigenvalue weighted by atomic mass is 10.1. The number of carbonyl (C=O) groups excluding carboxylic acids is 1. The molecule has 1 aromatic carbocycles. The summed E-state index contributed by atoms with van der Waals surface area (Å²) in [7, 11) is 1.51. The van der Waals surface area contributed by atoms with Crippen LogP contribution in [0.4, 0.5) is 11.4 Å². The van der Waals surface area contributed by atoms with E-state index in [-0.39, 0.29) is 18.9 Å². The highest BCUT2D eigenvalue weighted by Crippen LogP contribution is 2.30. The molecule has 18 heavy (non-hydrogen) atoms. The van der Waals surface area contributed by atoms with Crippen molar-refractivity contribution in [2.45, 2.75) is 6.42 Å². The Morgan fingerprint density at radius 3 is 2.78 bits per heavy atom. The van der Waals surface area contributed by atoms with E-state index < -0.39 is 11.9 Å². The van der Waals surface area contributed by atoms with Gasteiger partial charge in [0.2, 0.25) is 5.91 Å². The monoisotopic (exact) mass is 250 g/mol. The van der Waals surface area contributed by atoms with Gasteiger partial charge >= 0.3 is 5.97 Å². The van der Waals surface area contributed by atoms with Gasteiger partial charge in [-0.15, -0.1) is 0 Å². The molecule has 0 spiro atoms. The van der Waals surface area contributed by atoms with Gasteiger partial charge in [-0.2, -0.15) is 0 Å². The van der Waals surface area contributed by atoms with E-state index in [4.69, 9.17) is 15.6 Å².